The van der Waals surface area contributed by atoms with Gasteiger partial charge in [-0.2, -0.15) is 0 Å². The van der Waals surface area contributed by atoms with Gasteiger partial charge < -0.3 is 4.74 Å². The Balaban J connectivity index is 1.72. The first-order valence-electron chi connectivity index (χ1n) is 12.6. The number of Topliss-reactive ketones (excluding diaryl/α,β-unsaturated/α-hetero) is 1. The van der Waals surface area contributed by atoms with Gasteiger partial charge in [0, 0.05) is 6.42 Å². The van der Waals surface area contributed by atoms with Crippen molar-refractivity contribution in [3.63, 3.8) is 0 Å². The first-order chi connectivity index (χ1) is 16.3. The van der Waals surface area contributed by atoms with Crippen molar-refractivity contribution in [2.75, 3.05) is 0 Å². The Morgan fingerprint density at radius 1 is 0.853 bits per heavy atom. The molecule has 2 bridgehead atoms. The smallest absolute Gasteiger partial charge is 0.141 e. The molecule has 0 saturated carbocycles. The van der Waals surface area contributed by atoms with Crippen LogP contribution in [0.15, 0.2) is 91.0 Å². The van der Waals surface area contributed by atoms with Crippen molar-refractivity contribution >= 4 is 24.2 Å². The molecular weight excluding hydrogens is 432 g/mol. The van der Waals surface area contributed by atoms with Crippen LogP contribution in [0, 0.1) is 5.92 Å². The van der Waals surface area contributed by atoms with Crippen LogP contribution < -0.4 is 10.4 Å². The average Bonchev–Trinajstić information content (AvgIpc) is 3.11. The van der Waals surface area contributed by atoms with E-state index in [1.165, 1.54) is 15.9 Å². The van der Waals surface area contributed by atoms with Gasteiger partial charge >= 0.3 is 0 Å². The highest BCUT2D eigenvalue weighted by molar-refractivity contribution is 7.05. The zero-order chi connectivity index (χ0) is 24.0. The first kappa shape index (κ1) is 23.3. The lowest BCUT2D eigenvalue weighted by molar-refractivity contribution is -0.151. The van der Waals surface area contributed by atoms with Gasteiger partial charge in [-0.25, -0.2) is 0 Å². The second-order valence-corrected chi connectivity index (χ2v) is 16.4. The van der Waals surface area contributed by atoms with Crippen LogP contribution >= 0.6 is 0 Å². The van der Waals surface area contributed by atoms with E-state index in [-0.39, 0.29) is 17.1 Å². The third-order valence-corrected chi connectivity index (χ3v) is 15.3. The molecule has 0 N–H and O–H groups in total. The summed E-state index contributed by atoms with van der Waals surface area (Å²) in [5.74, 6) is 0.253. The molecule has 0 aliphatic carbocycles. The van der Waals surface area contributed by atoms with E-state index in [1.807, 2.05) is 6.07 Å². The van der Waals surface area contributed by atoms with Gasteiger partial charge in [-0.05, 0) is 35.9 Å². The largest absolute Gasteiger partial charge is 0.371 e. The zero-order valence-corrected chi connectivity index (χ0v) is 21.8. The van der Waals surface area contributed by atoms with Crippen LogP contribution in [0.3, 0.4) is 0 Å². The highest BCUT2D eigenvalue weighted by Gasteiger charge is 2.66. The Hall–Kier alpha value is -2.49. The van der Waals surface area contributed by atoms with Gasteiger partial charge in [0.2, 0.25) is 0 Å². The van der Waals surface area contributed by atoms with Crippen molar-refractivity contribution in [3.8, 4) is 0 Å². The molecule has 2 saturated heterocycles. The summed E-state index contributed by atoms with van der Waals surface area (Å²) in [6.45, 7) is 9.51. The summed E-state index contributed by atoms with van der Waals surface area (Å²) in [7, 11) is -2.44. The Kier molecular flexibility index (Phi) is 5.90. The number of fused-ring (bicyclic) bond motifs is 2. The summed E-state index contributed by atoms with van der Waals surface area (Å²) in [6.07, 6.45) is 2.27. The van der Waals surface area contributed by atoms with Crippen LogP contribution in [0.2, 0.25) is 10.6 Å². The molecule has 2 heterocycles. The van der Waals surface area contributed by atoms with Crippen molar-refractivity contribution in [1.82, 2.24) is 0 Å². The quantitative estimate of drug-likeness (QED) is 0.443. The molecular formula is C31H36O2Si. The number of benzene rings is 3. The first-order valence-corrected chi connectivity index (χ1v) is 14.7. The van der Waals surface area contributed by atoms with Crippen LogP contribution in [0.1, 0.15) is 46.1 Å². The van der Waals surface area contributed by atoms with Gasteiger partial charge in [-0.3, -0.25) is 4.79 Å². The number of carbonyl (C=O) groups is 1. The minimum atomic E-state index is -2.44. The van der Waals surface area contributed by atoms with Gasteiger partial charge in [-0.1, -0.05) is 122 Å². The minimum absolute atomic E-state index is 0.0242. The number of carbonyl (C=O) groups excluding carboxylic acids is 1. The fraction of sp³-hybridized carbons (Fsp3) is 0.387. The molecule has 176 valence electrons. The second kappa shape index (κ2) is 8.62. The van der Waals surface area contributed by atoms with E-state index >= 15 is 0 Å². The molecule has 3 aromatic carbocycles. The molecule has 34 heavy (non-hydrogen) atoms. The molecule has 2 fully saturated rings. The van der Waals surface area contributed by atoms with Crippen LogP contribution in [-0.2, 0) is 16.0 Å². The number of hydrogen-bond donors (Lipinski definition) is 0. The summed E-state index contributed by atoms with van der Waals surface area (Å²) in [6, 6.07) is 32.8. The number of ether oxygens (including phenoxy) is 1. The summed E-state index contributed by atoms with van der Waals surface area (Å²) in [5, 5.41) is 2.92. The fourth-order valence-corrected chi connectivity index (χ4v) is 14.4. The van der Waals surface area contributed by atoms with E-state index in [4.69, 9.17) is 4.74 Å². The van der Waals surface area contributed by atoms with Gasteiger partial charge in [-0.15, -0.1) is 0 Å². The van der Waals surface area contributed by atoms with Crippen molar-refractivity contribution in [1.29, 1.82) is 0 Å². The lowest BCUT2D eigenvalue weighted by atomic mass is 9.78. The SMILES string of the molecule is CC(C)(C)[Si](c1ccccc1)(c1ccccc1)[C@H]1C[C@@H]2CC(=O)[C@H](Cc3ccccc3)[C@@]1(C)O2. The Bertz CT molecular complexity index is 1100. The molecule has 0 radical (unpaired) electrons. The fourth-order valence-electron chi connectivity index (χ4n) is 7.26. The van der Waals surface area contributed by atoms with E-state index in [1.54, 1.807) is 0 Å². The molecule has 0 spiro atoms. The van der Waals surface area contributed by atoms with Crippen molar-refractivity contribution < 1.29 is 9.53 Å². The zero-order valence-electron chi connectivity index (χ0n) is 20.8. The highest BCUT2D eigenvalue weighted by Crippen LogP contribution is 2.59. The normalized spacial score (nSPS) is 27.1. The van der Waals surface area contributed by atoms with Gasteiger partial charge in [0.15, 0.2) is 0 Å². The van der Waals surface area contributed by atoms with Gasteiger partial charge in [0.05, 0.1) is 17.6 Å². The highest BCUT2D eigenvalue weighted by atomic mass is 28.3. The summed E-state index contributed by atoms with van der Waals surface area (Å²) >= 11 is 0. The predicted molar refractivity (Wildman–Crippen MR) is 143 cm³/mol. The standard InChI is InChI=1S/C31H36O2Si/c1-30(2,3)34(25-16-10-6-11-17-25,26-18-12-7-13-19-26)29-22-24-21-28(32)27(31(29,4)33-24)20-23-14-8-5-9-15-23/h5-19,24,27,29H,20-22H2,1-4H3/t24-,27-,29-,31+/m0/s1. The molecule has 5 rings (SSSR count). The molecule has 0 amide bonds. The maximum Gasteiger partial charge on any atom is 0.141 e. The van der Waals surface area contributed by atoms with Crippen LogP contribution in [0.4, 0.5) is 0 Å². The van der Waals surface area contributed by atoms with E-state index in [2.05, 4.69) is 113 Å². The molecule has 2 aliphatic rings. The van der Waals surface area contributed by atoms with Crippen LogP contribution in [-0.4, -0.2) is 25.6 Å². The summed E-state index contributed by atoms with van der Waals surface area (Å²) in [4.78, 5) is 13.6. The molecule has 2 aliphatic heterocycles. The average molecular weight is 469 g/mol. The molecule has 0 unspecified atom stereocenters. The van der Waals surface area contributed by atoms with Crippen LogP contribution in [0.5, 0.6) is 0 Å². The predicted octanol–water partition coefficient (Wildman–Crippen LogP) is 5.80. The number of ketones is 1. The molecule has 2 nitrogen and oxygen atoms in total. The van der Waals surface area contributed by atoms with Crippen molar-refractivity contribution in [2.45, 2.75) is 69.2 Å². The minimum Gasteiger partial charge on any atom is -0.371 e. The molecule has 3 aromatic rings. The maximum atomic E-state index is 13.6. The maximum absolute atomic E-state index is 13.6. The molecule has 0 aromatic heterocycles. The Morgan fingerprint density at radius 2 is 1.35 bits per heavy atom. The van der Waals surface area contributed by atoms with E-state index < -0.39 is 13.7 Å². The van der Waals surface area contributed by atoms with Crippen LogP contribution in [0.25, 0.3) is 0 Å². The second-order valence-electron chi connectivity index (χ2n) is 11.4. The Labute approximate surface area is 205 Å². The third-order valence-electron chi connectivity index (χ3n) is 8.57. The summed E-state index contributed by atoms with van der Waals surface area (Å²) in [5.41, 5.74) is 1.04. The lowest BCUT2D eigenvalue weighted by Gasteiger charge is -2.53. The summed E-state index contributed by atoms with van der Waals surface area (Å²) < 4.78 is 6.91. The molecule has 4 atom stereocenters. The Morgan fingerprint density at radius 3 is 1.85 bits per heavy atom. The lowest BCUT2D eigenvalue weighted by Crippen LogP contribution is -2.71. The molecule has 3 heteroatoms. The van der Waals surface area contributed by atoms with Gasteiger partial charge in [0.25, 0.3) is 0 Å². The van der Waals surface area contributed by atoms with E-state index in [9.17, 15) is 4.79 Å². The van der Waals surface area contributed by atoms with Crippen molar-refractivity contribution in [2.24, 2.45) is 5.92 Å². The van der Waals surface area contributed by atoms with E-state index in [0.29, 0.717) is 17.7 Å². The topological polar surface area (TPSA) is 26.3 Å². The number of rotatable bonds is 5. The third kappa shape index (κ3) is 3.61. The van der Waals surface area contributed by atoms with Crippen molar-refractivity contribution in [3.05, 3.63) is 96.6 Å². The number of hydrogen-bond acceptors (Lipinski definition) is 2. The monoisotopic (exact) mass is 468 g/mol. The van der Waals surface area contributed by atoms with Gasteiger partial charge in [0.1, 0.15) is 13.9 Å². The van der Waals surface area contributed by atoms with E-state index in [0.717, 1.165) is 12.8 Å².